The number of aromatic nitrogens is 2. The molecule has 1 amide bonds. The Balaban J connectivity index is 1.60. The van der Waals surface area contributed by atoms with Crippen LogP contribution in [-0.2, 0) is 12.8 Å². The standard InChI is InChI=1S/C14H17N3O2S/c1-2-11-8-12(16-19-11)14(18)17-5-3-10(9-17)7-13-15-4-6-20-13/h4,6,8,10H,2-3,5,7,9H2,1H3. The predicted octanol–water partition coefficient (Wildman–Crippen LogP) is 2.40. The summed E-state index contributed by atoms with van der Waals surface area (Å²) in [6.07, 6.45) is 4.58. The molecular formula is C14H17N3O2S. The molecule has 0 spiro atoms. The van der Waals surface area contributed by atoms with Gasteiger partial charge in [-0.1, -0.05) is 12.1 Å². The molecule has 0 saturated carbocycles. The van der Waals surface area contributed by atoms with E-state index >= 15 is 0 Å². The van der Waals surface area contributed by atoms with Crippen LogP contribution >= 0.6 is 11.3 Å². The smallest absolute Gasteiger partial charge is 0.276 e. The Kier molecular flexibility index (Phi) is 3.82. The molecule has 0 bridgehead atoms. The highest BCUT2D eigenvalue weighted by atomic mass is 32.1. The van der Waals surface area contributed by atoms with E-state index in [1.54, 1.807) is 17.4 Å². The summed E-state index contributed by atoms with van der Waals surface area (Å²) in [6, 6.07) is 1.75. The first-order valence-electron chi connectivity index (χ1n) is 6.89. The average Bonchev–Trinajstić information content (AvgIpc) is 3.20. The van der Waals surface area contributed by atoms with Gasteiger partial charge in [0.1, 0.15) is 5.76 Å². The van der Waals surface area contributed by atoms with Crippen LogP contribution in [0.1, 0.15) is 34.6 Å². The number of carbonyl (C=O) groups excluding carboxylic acids is 1. The van der Waals surface area contributed by atoms with Gasteiger partial charge in [0.15, 0.2) is 5.69 Å². The monoisotopic (exact) mass is 291 g/mol. The van der Waals surface area contributed by atoms with E-state index in [9.17, 15) is 4.79 Å². The Morgan fingerprint density at radius 1 is 1.60 bits per heavy atom. The Bertz CT molecular complexity index is 579. The van der Waals surface area contributed by atoms with Gasteiger partial charge >= 0.3 is 0 Å². The molecule has 5 nitrogen and oxygen atoms in total. The van der Waals surface area contributed by atoms with E-state index in [0.717, 1.165) is 43.1 Å². The van der Waals surface area contributed by atoms with Crippen LogP contribution in [0.3, 0.4) is 0 Å². The van der Waals surface area contributed by atoms with Gasteiger partial charge in [-0.2, -0.15) is 0 Å². The fourth-order valence-corrected chi connectivity index (χ4v) is 3.26. The second-order valence-electron chi connectivity index (χ2n) is 5.07. The highest BCUT2D eigenvalue weighted by Crippen LogP contribution is 2.23. The topological polar surface area (TPSA) is 59.2 Å². The SMILES string of the molecule is CCc1cc(C(=O)N2CCC(Cc3nccs3)C2)no1. The first kappa shape index (κ1) is 13.3. The molecule has 3 heterocycles. The lowest BCUT2D eigenvalue weighted by atomic mass is 10.1. The van der Waals surface area contributed by atoms with Crippen LogP contribution in [0.4, 0.5) is 0 Å². The van der Waals surface area contributed by atoms with Crippen molar-refractivity contribution in [2.75, 3.05) is 13.1 Å². The fourth-order valence-electron chi connectivity index (χ4n) is 2.53. The van der Waals surface area contributed by atoms with E-state index in [4.69, 9.17) is 4.52 Å². The number of nitrogens with zero attached hydrogens (tertiary/aromatic N) is 3. The Morgan fingerprint density at radius 3 is 3.20 bits per heavy atom. The maximum atomic E-state index is 12.3. The third-order valence-corrected chi connectivity index (χ3v) is 4.45. The molecule has 106 valence electrons. The zero-order chi connectivity index (χ0) is 13.9. The number of carbonyl (C=O) groups is 1. The lowest BCUT2D eigenvalue weighted by Crippen LogP contribution is -2.29. The molecule has 20 heavy (non-hydrogen) atoms. The molecule has 0 radical (unpaired) electrons. The summed E-state index contributed by atoms with van der Waals surface area (Å²) in [5.74, 6) is 1.24. The third-order valence-electron chi connectivity index (χ3n) is 3.65. The van der Waals surface area contributed by atoms with Crippen LogP contribution in [0.5, 0.6) is 0 Å². The van der Waals surface area contributed by atoms with Gasteiger partial charge < -0.3 is 9.42 Å². The van der Waals surface area contributed by atoms with Gasteiger partial charge in [0.2, 0.25) is 0 Å². The van der Waals surface area contributed by atoms with E-state index in [-0.39, 0.29) is 5.91 Å². The first-order valence-corrected chi connectivity index (χ1v) is 7.77. The van der Waals surface area contributed by atoms with Crippen LogP contribution < -0.4 is 0 Å². The van der Waals surface area contributed by atoms with Crippen molar-refractivity contribution in [2.45, 2.75) is 26.2 Å². The molecule has 6 heteroatoms. The van der Waals surface area contributed by atoms with E-state index in [2.05, 4.69) is 10.1 Å². The highest BCUT2D eigenvalue weighted by Gasteiger charge is 2.29. The molecule has 1 aliphatic heterocycles. The van der Waals surface area contributed by atoms with Crippen molar-refractivity contribution in [3.8, 4) is 0 Å². The number of hydrogen-bond acceptors (Lipinski definition) is 5. The minimum absolute atomic E-state index is 0.0184. The van der Waals surface area contributed by atoms with Crippen molar-refractivity contribution in [2.24, 2.45) is 5.92 Å². The van der Waals surface area contributed by atoms with Crippen LogP contribution in [0.15, 0.2) is 22.2 Å². The molecule has 1 atom stereocenters. The number of likely N-dealkylation sites (tertiary alicyclic amines) is 1. The van der Waals surface area contributed by atoms with Crippen molar-refractivity contribution in [1.29, 1.82) is 0 Å². The van der Waals surface area contributed by atoms with Crippen molar-refractivity contribution < 1.29 is 9.32 Å². The molecule has 1 saturated heterocycles. The molecule has 0 aliphatic carbocycles. The normalized spacial score (nSPS) is 18.6. The largest absolute Gasteiger partial charge is 0.361 e. The van der Waals surface area contributed by atoms with Gasteiger partial charge in [-0.15, -0.1) is 11.3 Å². The van der Waals surface area contributed by atoms with Gasteiger partial charge in [-0.05, 0) is 12.3 Å². The summed E-state index contributed by atoms with van der Waals surface area (Å²) in [6.45, 7) is 3.56. The number of rotatable bonds is 4. The zero-order valence-electron chi connectivity index (χ0n) is 11.4. The Hall–Kier alpha value is -1.69. The third kappa shape index (κ3) is 2.75. The maximum absolute atomic E-state index is 12.3. The van der Waals surface area contributed by atoms with Crippen LogP contribution in [-0.4, -0.2) is 34.0 Å². The van der Waals surface area contributed by atoms with Crippen LogP contribution in [0.25, 0.3) is 0 Å². The van der Waals surface area contributed by atoms with E-state index < -0.39 is 0 Å². The first-order chi connectivity index (χ1) is 9.76. The van der Waals surface area contributed by atoms with Crippen LogP contribution in [0, 0.1) is 5.92 Å². The van der Waals surface area contributed by atoms with Crippen LogP contribution in [0.2, 0.25) is 0 Å². The molecule has 1 fully saturated rings. The highest BCUT2D eigenvalue weighted by molar-refractivity contribution is 7.09. The van der Waals surface area contributed by atoms with E-state index in [1.807, 2.05) is 23.4 Å². The van der Waals surface area contributed by atoms with E-state index in [0.29, 0.717) is 11.6 Å². The molecule has 1 unspecified atom stereocenters. The maximum Gasteiger partial charge on any atom is 0.276 e. The molecular weight excluding hydrogens is 274 g/mol. The number of hydrogen-bond donors (Lipinski definition) is 0. The summed E-state index contributed by atoms with van der Waals surface area (Å²) in [4.78, 5) is 18.5. The van der Waals surface area contributed by atoms with Crippen molar-refractivity contribution in [3.05, 3.63) is 34.1 Å². The van der Waals surface area contributed by atoms with Gasteiger partial charge in [-0.25, -0.2) is 4.98 Å². The molecule has 2 aromatic heterocycles. The number of aryl methyl sites for hydroxylation is 1. The van der Waals surface area contributed by atoms with Crippen molar-refractivity contribution in [1.82, 2.24) is 15.0 Å². The summed E-state index contributed by atoms with van der Waals surface area (Å²) < 4.78 is 5.10. The molecule has 3 rings (SSSR count). The Morgan fingerprint density at radius 2 is 2.50 bits per heavy atom. The molecule has 0 N–H and O–H groups in total. The second kappa shape index (κ2) is 5.75. The summed E-state index contributed by atoms with van der Waals surface area (Å²) in [7, 11) is 0. The minimum atomic E-state index is -0.0184. The quantitative estimate of drug-likeness (QED) is 0.868. The molecule has 2 aromatic rings. The number of thiazole rings is 1. The Labute approximate surface area is 121 Å². The van der Waals surface area contributed by atoms with Gasteiger partial charge in [0.05, 0.1) is 5.01 Å². The van der Waals surface area contributed by atoms with E-state index in [1.165, 1.54) is 0 Å². The fraction of sp³-hybridized carbons (Fsp3) is 0.500. The summed E-state index contributed by atoms with van der Waals surface area (Å²) >= 11 is 1.68. The molecule has 0 aromatic carbocycles. The minimum Gasteiger partial charge on any atom is -0.361 e. The summed E-state index contributed by atoms with van der Waals surface area (Å²) in [5.41, 5.74) is 0.428. The zero-order valence-corrected chi connectivity index (χ0v) is 12.2. The second-order valence-corrected chi connectivity index (χ2v) is 6.05. The van der Waals surface area contributed by atoms with Gasteiger partial charge in [-0.3, -0.25) is 4.79 Å². The lowest BCUT2D eigenvalue weighted by Gasteiger charge is -2.14. The predicted molar refractivity (Wildman–Crippen MR) is 75.7 cm³/mol. The average molecular weight is 291 g/mol. The van der Waals surface area contributed by atoms with Gasteiger partial charge in [0, 0.05) is 43.6 Å². The molecule has 1 aliphatic rings. The number of amides is 1. The van der Waals surface area contributed by atoms with Crippen molar-refractivity contribution in [3.63, 3.8) is 0 Å². The summed E-state index contributed by atoms with van der Waals surface area (Å²) in [5, 5.41) is 7.00. The van der Waals surface area contributed by atoms with Gasteiger partial charge in [0.25, 0.3) is 5.91 Å². The lowest BCUT2D eigenvalue weighted by molar-refractivity contribution is 0.0776. The van der Waals surface area contributed by atoms with Crippen molar-refractivity contribution >= 4 is 17.2 Å².